The van der Waals surface area contributed by atoms with Crippen molar-refractivity contribution in [3.05, 3.63) is 45.0 Å². The molecule has 28 heavy (non-hydrogen) atoms. The normalized spacial score (nSPS) is 20.4. The van der Waals surface area contributed by atoms with Crippen LogP contribution in [-0.4, -0.2) is 32.8 Å². The topological polar surface area (TPSA) is 77.1 Å². The maximum absolute atomic E-state index is 13.1. The summed E-state index contributed by atoms with van der Waals surface area (Å²) in [4.78, 5) is 12.4. The van der Waals surface area contributed by atoms with E-state index in [0.717, 1.165) is 37.6 Å². The van der Waals surface area contributed by atoms with Crippen LogP contribution >= 0.6 is 11.6 Å². The third-order valence-corrected chi connectivity index (χ3v) is 5.55. The fourth-order valence-corrected chi connectivity index (χ4v) is 4.02. The zero-order chi connectivity index (χ0) is 20.1. The van der Waals surface area contributed by atoms with E-state index in [2.05, 4.69) is 10.2 Å². The summed E-state index contributed by atoms with van der Waals surface area (Å²) in [5, 5.41) is 19.1. The summed E-state index contributed by atoms with van der Waals surface area (Å²) in [6.07, 6.45) is 0.653. The van der Waals surface area contributed by atoms with Crippen LogP contribution in [0, 0.1) is 10.1 Å². The number of benzene rings is 1. The predicted octanol–water partition coefficient (Wildman–Crippen LogP) is 4.58. The van der Waals surface area contributed by atoms with E-state index in [4.69, 9.17) is 11.6 Å². The summed E-state index contributed by atoms with van der Waals surface area (Å²) in [6, 6.07) is 1.97. The van der Waals surface area contributed by atoms with Crippen LogP contribution in [0.3, 0.4) is 0 Å². The van der Waals surface area contributed by atoms with E-state index in [1.807, 2.05) is 4.57 Å². The number of rotatable bonds is 4. The second kappa shape index (κ2) is 6.91. The number of alkyl halides is 3. The minimum absolute atomic E-state index is 0.00229. The lowest BCUT2D eigenvalue weighted by Crippen LogP contribution is -2.36. The van der Waals surface area contributed by atoms with E-state index >= 15 is 0 Å². The fourth-order valence-electron chi connectivity index (χ4n) is 3.75. The molecule has 1 aliphatic heterocycles. The van der Waals surface area contributed by atoms with E-state index < -0.39 is 27.4 Å². The highest BCUT2D eigenvalue weighted by atomic mass is 35.5. The van der Waals surface area contributed by atoms with Gasteiger partial charge in [0, 0.05) is 31.1 Å². The molecule has 1 saturated heterocycles. The number of anilines is 1. The SMILES string of the molecule is O=[N+]([O-])c1cc(C(F)(F)F)c(Cl)cc1N1CCCC(c2nncn2C2CC2)C1. The van der Waals surface area contributed by atoms with Gasteiger partial charge in [0.15, 0.2) is 0 Å². The minimum Gasteiger partial charge on any atom is -0.365 e. The van der Waals surface area contributed by atoms with Gasteiger partial charge in [0.1, 0.15) is 17.8 Å². The molecule has 150 valence electrons. The van der Waals surface area contributed by atoms with Crippen molar-refractivity contribution in [1.82, 2.24) is 14.8 Å². The number of halogens is 4. The number of hydrogen-bond donors (Lipinski definition) is 0. The molecule has 1 unspecified atom stereocenters. The monoisotopic (exact) mass is 415 g/mol. The number of nitro benzene ring substituents is 1. The molecule has 11 heteroatoms. The van der Waals surface area contributed by atoms with Gasteiger partial charge in [-0.25, -0.2) is 0 Å². The first kappa shape index (κ1) is 19.0. The number of nitro groups is 1. The minimum atomic E-state index is -4.76. The Morgan fingerprint density at radius 2 is 2.00 bits per heavy atom. The highest BCUT2D eigenvalue weighted by Crippen LogP contribution is 2.43. The predicted molar refractivity (Wildman–Crippen MR) is 95.6 cm³/mol. The first-order chi connectivity index (χ1) is 13.3. The molecule has 2 aliphatic rings. The molecule has 0 amide bonds. The Bertz CT molecular complexity index is 913. The lowest BCUT2D eigenvalue weighted by molar-refractivity contribution is -0.384. The third-order valence-electron chi connectivity index (χ3n) is 5.23. The van der Waals surface area contributed by atoms with Crippen LogP contribution in [0.25, 0.3) is 0 Å². The van der Waals surface area contributed by atoms with E-state index in [9.17, 15) is 23.3 Å². The summed E-state index contributed by atoms with van der Waals surface area (Å²) in [5.41, 5.74) is -1.70. The molecule has 4 rings (SSSR count). The van der Waals surface area contributed by atoms with Gasteiger partial charge in [0.05, 0.1) is 15.5 Å². The van der Waals surface area contributed by atoms with E-state index in [1.165, 1.54) is 0 Å². The first-order valence-electron chi connectivity index (χ1n) is 8.95. The second-order valence-corrected chi connectivity index (χ2v) is 7.60. The highest BCUT2D eigenvalue weighted by molar-refractivity contribution is 6.31. The van der Waals surface area contributed by atoms with Crippen molar-refractivity contribution in [2.24, 2.45) is 0 Å². The summed E-state index contributed by atoms with van der Waals surface area (Å²) in [7, 11) is 0. The zero-order valence-corrected chi connectivity index (χ0v) is 15.4. The van der Waals surface area contributed by atoms with Gasteiger partial charge in [-0.15, -0.1) is 10.2 Å². The average Bonchev–Trinajstić information content (AvgIpc) is 3.36. The Balaban J connectivity index is 1.67. The number of hydrogen-bond acceptors (Lipinski definition) is 5. The van der Waals surface area contributed by atoms with Crippen molar-refractivity contribution < 1.29 is 18.1 Å². The molecular weight excluding hydrogens is 399 g/mol. The summed E-state index contributed by atoms with van der Waals surface area (Å²) in [6.45, 7) is 0.907. The van der Waals surface area contributed by atoms with Gasteiger partial charge in [0.25, 0.3) is 5.69 Å². The summed E-state index contributed by atoms with van der Waals surface area (Å²) >= 11 is 5.83. The molecular formula is C17H17ClF3N5O2. The van der Waals surface area contributed by atoms with Crippen molar-refractivity contribution in [2.75, 3.05) is 18.0 Å². The molecule has 0 radical (unpaired) electrons. The quantitative estimate of drug-likeness (QED) is 0.539. The van der Waals surface area contributed by atoms with Gasteiger partial charge in [-0.1, -0.05) is 11.6 Å². The number of piperidine rings is 1. The molecule has 2 heterocycles. The standard InChI is InChI=1S/C17H17ClF3N5O2/c18-13-7-14(15(26(27)28)6-12(13)17(19,20)21)24-5-1-2-10(8-24)16-23-22-9-25(16)11-3-4-11/h6-7,9-11H,1-5,8H2. The molecule has 1 saturated carbocycles. The smallest absolute Gasteiger partial charge is 0.365 e. The van der Waals surface area contributed by atoms with Gasteiger partial charge in [0.2, 0.25) is 0 Å². The van der Waals surface area contributed by atoms with Crippen molar-refractivity contribution in [1.29, 1.82) is 0 Å². The molecule has 0 N–H and O–H groups in total. The van der Waals surface area contributed by atoms with Crippen molar-refractivity contribution in [2.45, 2.75) is 43.8 Å². The largest absolute Gasteiger partial charge is 0.418 e. The van der Waals surface area contributed by atoms with Gasteiger partial charge >= 0.3 is 6.18 Å². The zero-order valence-electron chi connectivity index (χ0n) is 14.7. The Hall–Kier alpha value is -2.36. The molecule has 2 fully saturated rings. The Kier molecular flexibility index (Phi) is 4.68. The molecule has 0 spiro atoms. The summed E-state index contributed by atoms with van der Waals surface area (Å²) in [5.74, 6) is 0.824. The summed E-state index contributed by atoms with van der Waals surface area (Å²) < 4.78 is 41.3. The second-order valence-electron chi connectivity index (χ2n) is 7.19. The highest BCUT2D eigenvalue weighted by Gasteiger charge is 2.38. The molecule has 2 aromatic rings. The van der Waals surface area contributed by atoms with Crippen molar-refractivity contribution in [3.8, 4) is 0 Å². The lowest BCUT2D eigenvalue weighted by Gasteiger charge is -2.34. The van der Waals surface area contributed by atoms with Crippen LogP contribution < -0.4 is 4.90 Å². The van der Waals surface area contributed by atoms with Crippen molar-refractivity contribution in [3.63, 3.8) is 0 Å². The number of nitrogens with zero attached hydrogens (tertiary/aromatic N) is 5. The van der Waals surface area contributed by atoms with Crippen LogP contribution in [0.5, 0.6) is 0 Å². The molecule has 0 bridgehead atoms. The maximum Gasteiger partial charge on any atom is 0.418 e. The molecule has 1 aromatic carbocycles. The third kappa shape index (κ3) is 3.52. The Morgan fingerprint density at radius 3 is 2.64 bits per heavy atom. The molecule has 1 aromatic heterocycles. The van der Waals surface area contributed by atoms with Crippen LogP contribution in [0.1, 0.15) is 49.0 Å². The molecule has 7 nitrogen and oxygen atoms in total. The van der Waals surface area contributed by atoms with E-state index in [1.54, 1.807) is 11.2 Å². The van der Waals surface area contributed by atoms with Gasteiger partial charge in [-0.3, -0.25) is 10.1 Å². The molecule has 1 atom stereocenters. The van der Waals surface area contributed by atoms with Crippen LogP contribution in [0.4, 0.5) is 24.5 Å². The lowest BCUT2D eigenvalue weighted by atomic mass is 9.96. The molecule has 1 aliphatic carbocycles. The van der Waals surface area contributed by atoms with Gasteiger partial charge < -0.3 is 9.47 Å². The van der Waals surface area contributed by atoms with Crippen molar-refractivity contribution >= 4 is 23.0 Å². The maximum atomic E-state index is 13.1. The average molecular weight is 416 g/mol. The van der Waals surface area contributed by atoms with Gasteiger partial charge in [-0.05, 0) is 31.7 Å². The van der Waals surface area contributed by atoms with Gasteiger partial charge in [-0.2, -0.15) is 13.2 Å². The number of aromatic nitrogens is 3. The Labute approximate surface area is 163 Å². The van der Waals surface area contributed by atoms with Crippen LogP contribution in [-0.2, 0) is 6.18 Å². The fraction of sp³-hybridized carbons (Fsp3) is 0.529. The van der Waals surface area contributed by atoms with Crippen LogP contribution in [0.2, 0.25) is 5.02 Å². The van der Waals surface area contributed by atoms with E-state index in [0.29, 0.717) is 25.2 Å². The first-order valence-corrected chi connectivity index (χ1v) is 9.33. The van der Waals surface area contributed by atoms with E-state index in [-0.39, 0.29) is 11.6 Å². The Morgan fingerprint density at radius 1 is 1.25 bits per heavy atom. The van der Waals surface area contributed by atoms with Crippen LogP contribution in [0.15, 0.2) is 18.5 Å².